The number of cyclic esters (lactones) is 1. The normalized spacial score (nSPS) is 18.9. The molecule has 0 aromatic carbocycles. The first kappa shape index (κ1) is 26.8. The van der Waals surface area contributed by atoms with Crippen molar-refractivity contribution in [3.63, 3.8) is 0 Å². The van der Waals surface area contributed by atoms with Crippen LogP contribution in [0.2, 0.25) is 0 Å². The maximum atomic E-state index is 10.9. The number of allylic oxidation sites excluding steroid dienone is 6. The molecule has 3 rings (SSSR count). The summed E-state index contributed by atoms with van der Waals surface area (Å²) in [6, 6.07) is 0. The van der Waals surface area contributed by atoms with Crippen LogP contribution in [0.25, 0.3) is 0 Å². The zero-order chi connectivity index (χ0) is 24.0. The van der Waals surface area contributed by atoms with Crippen molar-refractivity contribution >= 4 is 17.5 Å². The number of esters is 1. The number of carbonyl (C=O) groups excluding carboxylic acids is 3. The van der Waals surface area contributed by atoms with Crippen LogP contribution >= 0.6 is 0 Å². The first-order valence-corrected chi connectivity index (χ1v) is 11.0. The standard InChI is InChI=1S/C10H14O.C9H14O.C8H12O2/c1-10(2,3)8-4-6-9(11)7-5-8;1-9(2,3)7-4-5-8(10)6-7;1-8(2,3)6-4-5-10-7(6)9/h4-6H,7H2,1-3H3;6H,4-5H2,1-3H3;4H,5H2,1-3H3. The van der Waals surface area contributed by atoms with Crippen LogP contribution < -0.4 is 0 Å². The smallest absolute Gasteiger partial charge is 0.334 e. The molecule has 0 unspecified atom stereocenters. The molecule has 1 aliphatic heterocycles. The fourth-order valence-corrected chi connectivity index (χ4v) is 3.25. The van der Waals surface area contributed by atoms with E-state index in [9.17, 15) is 14.4 Å². The monoisotopic (exact) mass is 428 g/mol. The molecule has 1 heterocycles. The molecule has 4 nitrogen and oxygen atoms in total. The van der Waals surface area contributed by atoms with Crippen molar-refractivity contribution in [1.29, 1.82) is 0 Å². The van der Waals surface area contributed by atoms with Crippen molar-refractivity contribution in [2.75, 3.05) is 6.61 Å². The Morgan fingerprint density at radius 2 is 1.32 bits per heavy atom. The molecule has 0 N–H and O–H groups in total. The summed E-state index contributed by atoms with van der Waals surface area (Å²) in [6.07, 6.45) is 11.5. The van der Waals surface area contributed by atoms with E-state index in [1.165, 1.54) is 11.1 Å². The van der Waals surface area contributed by atoms with Crippen LogP contribution in [-0.2, 0) is 19.1 Å². The molecule has 0 spiro atoms. The highest BCUT2D eigenvalue weighted by Crippen LogP contribution is 2.32. The van der Waals surface area contributed by atoms with Crippen molar-refractivity contribution in [2.24, 2.45) is 16.2 Å². The molecule has 0 saturated heterocycles. The van der Waals surface area contributed by atoms with E-state index in [0.717, 1.165) is 18.4 Å². The van der Waals surface area contributed by atoms with E-state index < -0.39 is 0 Å². The summed E-state index contributed by atoms with van der Waals surface area (Å²) in [5.41, 5.74) is 3.68. The third kappa shape index (κ3) is 9.20. The molecule has 0 bridgehead atoms. The van der Waals surface area contributed by atoms with Gasteiger partial charge in [0.15, 0.2) is 11.6 Å². The first-order chi connectivity index (χ1) is 14.0. The van der Waals surface area contributed by atoms with Gasteiger partial charge in [-0.1, -0.05) is 80.0 Å². The van der Waals surface area contributed by atoms with E-state index >= 15 is 0 Å². The lowest BCUT2D eigenvalue weighted by atomic mass is 9.83. The van der Waals surface area contributed by atoms with E-state index in [1.54, 1.807) is 12.2 Å². The Labute approximate surface area is 188 Å². The van der Waals surface area contributed by atoms with Gasteiger partial charge in [0.25, 0.3) is 0 Å². The van der Waals surface area contributed by atoms with Gasteiger partial charge in [-0.3, -0.25) is 9.59 Å². The zero-order valence-corrected chi connectivity index (χ0v) is 20.8. The van der Waals surface area contributed by atoms with Crippen LogP contribution in [-0.4, -0.2) is 24.1 Å². The lowest BCUT2D eigenvalue weighted by Gasteiger charge is -2.21. The van der Waals surface area contributed by atoms with Gasteiger partial charge in [-0.2, -0.15) is 0 Å². The highest BCUT2D eigenvalue weighted by molar-refractivity contribution is 5.93. The van der Waals surface area contributed by atoms with E-state index in [1.807, 2.05) is 39.0 Å². The van der Waals surface area contributed by atoms with E-state index in [2.05, 4.69) is 41.5 Å². The second-order valence-electron chi connectivity index (χ2n) is 11.3. The fourth-order valence-electron chi connectivity index (χ4n) is 3.25. The highest BCUT2D eigenvalue weighted by Gasteiger charge is 2.28. The van der Waals surface area contributed by atoms with Gasteiger partial charge in [0.1, 0.15) is 6.61 Å². The second-order valence-corrected chi connectivity index (χ2v) is 11.3. The van der Waals surface area contributed by atoms with E-state index in [4.69, 9.17) is 4.74 Å². The minimum absolute atomic E-state index is 0.0619. The number of ether oxygens (including phenoxy) is 1. The SMILES string of the molecule is CC(C)(C)C1=CC(=O)CC1.CC(C)(C)C1=CCC(=O)C=C1.CC(C)(C)C1=CCOC1=O. The van der Waals surface area contributed by atoms with Crippen molar-refractivity contribution in [2.45, 2.75) is 81.6 Å². The second kappa shape index (κ2) is 10.4. The van der Waals surface area contributed by atoms with Crippen LogP contribution in [0.15, 0.2) is 47.1 Å². The molecule has 172 valence electrons. The number of carbonyl (C=O) groups is 3. The van der Waals surface area contributed by atoms with Crippen LogP contribution in [0.1, 0.15) is 81.6 Å². The van der Waals surface area contributed by atoms with Crippen molar-refractivity contribution in [3.8, 4) is 0 Å². The molecule has 2 aliphatic carbocycles. The Morgan fingerprint density at radius 1 is 0.710 bits per heavy atom. The van der Waals surface area contributed by atoms with Gasteiger partial charge < -0.3 is 4.74 Å². The average Bonchev–Trinajstić information content (AvgIpc) is 3.23. The Morgan fingerprint density at radius 3 is 1.58 bits per heavy atom. The Kier molecular flexibility index (Phi) is 8.98. The van der Waals surface area contributed by atoms with E-state index in [0.29, 0.717) is 18.8 Å². The molecule has 31 heavy (non-hydrogen) atoms. The quantitative estimate of drug-likeness (QED) is 0.423. The third-order valence-corrected chi connectivity index (χ3v) is 5.31. The highest BCUT2D eigenvalue weighted by atomic mass is 16.5. The zero-order valence-electron chi connectivity index (χ0n) is 20.8. The van der Waals surface area contributed by atoms with Crippen LogP contribution in [0, 0.1) is 16.2 Å². The molecule has 3 aliphatic rings. The molecule has 4 heteroatoms. The van der Waals surface area contributed by atoms with Gasteiger partial charge in [-0.15, -0.1) is 0 Å². The largest absolute Gasteiger partial charge is 0.458 e. The van der Waals surface area contributed by atoms with Gasteiger partial charge in [-0.05, 0) is 46.5 Å². The summed E-state index contributed by atoms with van der Waals surface area (Å²) in [5, 5.41) is 0. The Balaban J connectivity index is 0.000000233. The molecule has 0 aromatic rings. The molecule has 0 radical (unpaired) electrons. The summed E-state index contributed by atoms with van der Waals surface area (Å²) >= 11 is 0. The first-order valence-electron chi connectivity index (χ1n) is 11.0. The number of hydrogen-bond acceptors (Lipinski definition) is 4. The Bertz CT molecular complexity index is 813. The number of hydrogen-bond donors (Lipinski definition) is 0. The van der Waals surface area contributed by atoms with Gasteiger partial charge in [-0.25, -0.2) is 4.79 Å². The topological polar surface area (TPSA) is 60.4 Å². The van der Waals surface area contributed by atoms with Gasteiger partial charge in [0.2, 0.25) is 0 Å². The van der Waals surface area contributed by atoms with Crippen LogP contribution in [0.4, 0.5) is 0 Å². The van der Waals surface area contributed by atoms with Crippen molar-refractivity contribution < 1.29 is 19.1 Å². The summed E-state index contributed by atoms with van der Waals surface area (Å²) in [5.74, 6) is 0.343. The Hall–Kier alpha value is -2.23. The van der Waals surface area contributed by atoms with Crippen molar-refractivity contribution in [1.82, 2.24) is 0 Å². The molecule has 0 fully saturated rings. The molecule has 0 aromatic heterocycles. The van der Waals surface area contributed by atoms with E-state index in [-0.39, 0.29) is 28.0 Å². The molecule has 0 saturated carbocycles. The molecular weight excluding hydrogens is 388 g/mol. The van der Waals surface area contributed by atoms with Gasteiger partial charge >= 0.3 is 5.97 Å². The number of ketones is 2. The summed E-state index contributed by atoms with van der Waals surface area (Å²) in [4.78, 5) is 32.6. The fraction of sp³-hybridized carbons (Fsp3) is 0.593. The predicted molar refractivity (Wildman–Crippen MR) is 127 cm³/mol. The van der Waals surface area contributed by atoms with Crippen LogP contribution in [0.5, 0.6) is 0 Å². The maximum absolute atomic E-state index is 10.9. The molecular formula is C27H40O4. The number of rotatable bonds is 0. The predicted octanol–water partition coefficient (Wildman–Crippen LogP) is 6.33. The summed E-state index contributed by atoms with van der Waals surface area (Å²) in [7, 11) is 0. The summed E-state index contributed by atoms with van der Waals surface area (Å²) in [6.45, 7) is 19.4. The minimum atomic E-state index is -0.160. The minimum Gasteiger partial charge on any atom is -0.458 e. The van der Waals surface area contributed by atoms with Crippen LogP contribution in [0.3, 0.4) is 0 Å². The average molecular weight is 429 g/mol. The van der Waals surface area contributed by atoms with Gasteiger partial charge in [0.05, 0.1) is 0 Å². The lowest BCUT2D eigenvalue weighted by Crippen LogP contribution is -2.15. The van der Waals surface area contributed by atoms with Crippen molar-refractivity contribution in [3.05, 3.63) is 47.1 Å². The third-order valence-electron chi connectivity index (χ3n) is 5.31. The molecule has 0 atom stereocenters. The maximum Gasteiger partial charge on any atom is 0.334 e. The summed E-state index contributed by atoms with van der Waals surface area (Å²) < 4.78 is 4.76. The lowest BCUT2D eigenvalue weighted by molar-refractivity contribution is -0.136. The molecule has 0 amide bonds. The van der Waals surface area contributed by atoms with Gasteiger partial charge in [0, 0.05) is 18.4 Å².